The molecule has 9 heteroatoms. The fourth-order valence-corrected chi connectivity index (χ4v) is 3.05. The summed E-state index contributed by atoms with van der Waals surface area (Å²) in [4.78, 5) is 47.8. The molecular weight excluding hydrogens is 386 g/mol. The Morgan fingerprint density at radius 2 is 2.07 bits per heavy atom. The van der Waals surface area contributed by atoms with Crippen LogP contribution < -0.4 is 21.3 Å². The fourth-order valence-electron chi connectivity index (χ4n) is 3.05. The summed E-state index contributed by atoms with van der Waals surface area (Å²) in [7, 11) is 0. The first-order valence-electron chi connectivity index (χ1n) is 10.2. The van der Waals surface area contributed by atoms with E-state index in [9.17, 15) is 24.4 Å². The molecule has 0 saturated carbocycles. The average Bonchev–Trinajstić information content (AvgIpc) is 2.68. The average molecular weight is 420 g/mol. The van der Waals surface area contributed by atoms with E-state index in [0.717, 1.165) is 0 Å². The second-order valence-electron chi connectivity index (χ2n) is 8.65. The Hall–Kier alpha value is -2.89. The van der Waals surface area contributed by atoms with Crippen molar-refractivity contribution in [3.8, 4) is 6.07 Å². The van der Waals surface area contributed by atoms with Crippen molar-refractivity contribution in [2.24, 2.45) is 17.3 Å². The van der Waals surface area contributed by atoms with Gasteiger partial charge in [-0.1, -0.05) is 39.8 Å². The lowest BCUT2D eigenvalue weighted by Crippen LogP contribution is -2.52. The van der Waals surface area contributed by atoms with Gasteiger partial charge >= 0.3 is 0 Å². The smallest absolute Gasteiger partial charge is 0.243 e. The van der Waals surface area contributed by atoms with Crippen LogP contribution in [0.15, 0.2) is 12.2 Å². The van der Waals surface area contributed by atoms with Crippen molar-refractivity contribution in [1.82, 2.24) is 21.3 Å². The van der Waals surface area contributed by atoms with Gasteiger partial charge in [0.15, 0.2) is 0 Å². The van der Waals surface area contributed by atoms with E-state index in [2.05, 4.69) is 27.3 Å². The molecule has 1 aliphatic rings. The zero-order chi connectivity index (χ0) is 22.7. The number of allylic oxidation sites excluding steroid dienone is 1. The summed E-state index contributed by atoms with van der Waals surface area (Å²) < 4.78 is 0. The van der Waals surface area contributed by atoms with Crippen molar-refractivity contribution in [1.29, 1.82) is 5.26 Å². The Balaban J connectivity index is 3.04. The number of hydrogen-bond donors (Lipinski definition) is 4. The van der Waals surface area contributed by atoms with Crippen LogP contribution in [0.5, 0.6) is 0 Å². The molecule has 0 radical (unpaired) electrons. The maximum atomic E-state index is 12.6. The van der Waals surface area contributed by atoms with Crippen molar-refractivity contribution < 1.29 is 19.2 Å². The van der Waals surface area contributed by atoms with Gasteiger partial charge in [0.1, 0.15) is 12.1 Å². The first kappa shape index (κ1) is 25.1. The minimum absolute atomic E-state index is 0.0209. The van der Waals surface area contributed by atoms with Crippen LogP contribution in [-0.4, -0.2) is 49.3 Å². The molecule has 1 rings (SSSR count). The Labute approximate surface area is 178 Å². The zero-order valence-electron chi connectivity index (χ0n) is 18.2. The standard InChI is InChI=1S/C21H33N5O4/c1-14-9-16(10-22)25-18(28)12-24-19(29)17(26-20(30)21(2,3)4)8-6-5-7-15(14)11-23-13-27/h5,7,13-17H,6,8-9,11-12H2,1-4H3,(H,23,27)(H,24,29)(H,25,28)(H,26,30)/b7-5+. The molecule has 4 unspecified atom stereocenters. The van der Waals surface area contributed by atoms with Gasteiger partial charge < -0.3 is 21.3 Å². The first-order chi connectivity index (χ1) is 14.1. The van der Waals surface area contributed by atoms with Crippen molar-refractivity contribution >= 4 is 24.1 Å². The maximum absolute atomic E-state index is 12.6. The highest BCUT2D eigenvalue weighted by Gasteiger charge is 2.28. The number of rotatable bonds is 4. The monoisotopic (exact) mass is 419 g/mol. The predicted octanol–water partition coefficient (Wildman–Crippen LogP) is 0.380. The van der Waals surface area contributed by atoms with Gasteiger partial charge in [0.2, 0.25) is 24.1 Å². The molecule has 9 nitrogen and oxygen atoms in total. The van der Waals surface area contributed by atoms with Crippen molar-refractivity contribution in [2.75, 3.05) is 13.1 Å². The summed E-state index contributed by atoms with van der Waals surface area (Å²) in [5, 5.41) is 19.9. The molecule has 4 amide bonds. The van der Waals surface area contributed by atoms with Gasteiger partial charge in [-0.3, -0.25) is 19.2 Å². The summed E-state index contributed by atoms with van der Waals surface area (Å²) in [5.41, 5.74) is -0.659. The number of hydrogen-bond acceptors (Lipinski definition) is 5. The highest BCUT2D eigenvalue weighted by Crippen LogP contribution is 2.20. The van der Waals surface area contributed by atoms with Gasteiger partial charge in [-0.25, -0.2) is 0 Å². The quantitative estimate of drug-likeness (QED) is 0.385. The molecule has 0 fully saturated rings. The van der Waals surface area contributed by atoms with Crippen LogP contribution in [0.3, 0.4) is 0 Å². The van der Waals surface area contributed by atoms with Crippen LogP contribution in [0, 0.1) is 28.6 Å². The number of amides is 4. The summed E-state index contributed by atoms with van der Waals surface area (Å²) in [6, 6.07) is 0.572. The Bertz CT molecular complexity index is 692. The largest absolute Gasteiger partial charge is 0.358 e. The van der Waals surface area contributed by atoms with E-state index < -0.39 is 29.3 Å². The molecule has 0 bridgehead atoms. The number of carbonyl (C=O) groups is 4. The van der Waals surface area contributed by atoms with Gasteiger partial charge in [0.05, 0.1) is 12.6 Å². The Morgan fingerprint density at radius 1 is 1.37 bits per heavy atom. The molecule has 4 N–H and O–H groups in total. The van der Waals surface area contributed by atoms with Crippen molar-refractivity contribution in [3.63, 3.8) is 0 Å². The predicted molar refractivity (Wildman–Crippen MR) is 112 cm³/mol. The summed E-state index contributed by atoms with van der Waals surface area (Å²) in [5.74, 6) is -1.20. The molecular formula is C21H33N5O4. The lowest BCUT2D eigenvalue weighted by Gasteiger charge is -2.25. The van der Waals surface area contributed by atoms with Gasteiger partial charge in [0.25, 0.3) is 0 Å². The van der Waals surface area contributed by atoms with Crippen molar-refractivity contribution in [3.05, 3.63) is 12.2 Å². The van der Waals surface area contributed by atoms with Crippen molar-refractivity contribution in [2.45, 2.75) is 59.0 Å². The lowest BCUT2D eigenvalue weighted by molar-refractivity contribution is -0.134. The third kappa shape index (κ3) is 8.64. The third-order valence-electron chi connectivity index (χ3n) is 5.00. The first-order valence-corrected chi connectivity index (χ1v) is 10.2. The van der Waals surface area contributed by atoms with Crippen LogP contribution in [0.25, 0.3) is 0 Å². The van der Waals surface area contributed by atoms with Crippen LogP contribution in [0.1, 0.15) is 47.0 Å². The van der Waals surface area contributed by atoms with Gasteiger partial charge in [0, 0.05) is 12.0 Å². The maximum Gasteiger partial charge on any atom is 0.243 e. The van der Waals surface area contributed by atoms with E-state index >= 15 is 0 Å². The molecule has 0 aromatic carbocycles. The van der Waals surface area contributed by atoms with Gasteiger partial charge in [-0.15, -0.1) is 0 Å². The lowest BCUT2D eigenvalue weighted by atomic mass is 9.87. The van der Waals surface area contributed by atoms with E-state index in [4.69, 9.17) is 0 Å². The van der Waals surface area contributed by atoms with E-state index in [1.807, 2.05) is 19.1 Å². The highest BCUT2D eigenvalue weighted by molar-refractivity contribution is 5.91. The molecule has 0 aromatic rings. The topological polar surface area (TPSA) is 140 Å². The van der Waals surface area contributed by atoms with E-state index in [1.165, 1.54) is 0 Å². The second-order valence-corrected chi connectivity index (χ2v) is 8.65. The molecule has 0 spiro atoms. The Morgan fingerprint density at radius 3 is 2.67 bits per heavy atom. The van der Waals surface area contributed by atoms with E-state index in [0.29, 0.717) is 32.2 Å². The fraction of sp³-hybridized carbons (Fsp3) is 0.667. The van der Waals surface area contributed by atoms with E-state index in [-0.39, 0.29) is 24.3 Å². The minimum atomic E-state index is -0.784. The molecule has 1 aliphatic heterocycles. The summed E-state index contributed by atoms with van der Waals surface area (Å²) in [6.45, 7) is 7.34. The molecule has 4 atom stereocenters. The number of carbonyl (C=O) groups excluding carboxylic acids is 4. The molecule has 1 heterocycles. The van der Waals surface area contributed by atoms with Gasteiger partial charge in [-0.05, 0) is 31.1 Å². The minimum Gasteiger partial charge on any atom is -0.358 e. The summed E-state index contributed by atoms with van der Waals surface area (Å²) in [6.07, 6.45) is 5.80. The zero-order valence-corrected chi connectivity index (χ0v) is 18.2. The van der Waals surface area contributed by atoms with Gasteiger partial charge in [-0.2, -0.15) is 5.26 Å². The SMILES string of the molecule is CC1CC(C#N)NC(=O)CNC(=O)C(NC(=O)C(C)(C)C)CC/C=C/C1CNC=O. The number of nitrogens with one attached hydrogen (secondary N) is 4. The van der Waals surface area contributed by atoms with Crippen LogP contribution >= 0.6 is 0 Å². The third-order valence-corrected chi connectivity index (χ3v) is 5.00. The molecule has 0 aromatic heterocycles. The van der Waals surface area contributed by atoms with Crippen LogP contribution in [0.4, 0.5) is 0 Å². The molecule has 30 heavy (non-hydrogen) atoms. The Kier molecular flexibility index (Phi) is 10.0. The molecule has 166 valence electrons. The number of nitrogens with zero attached hydrogens (tertiary/aromatic N) is 1. The molecule has 0 saturated heterocycles. The second kappa shape index (κ2) is 12.0. The normalized spacial score (nSPS) is 27.4. The summed E-state index contributed by atoms with van der Waals surface area (Å²) >= 11 is 0. The van der Waals surface area contributed by atoms with Crippen LogP contribution in [-0.2, 0) is 19.2 Å². The molecule has 0 aliphatic carbocycles. The van der Waals surface area contributed by atoms with E-state index in [1.54, 1.807) is 20.8 Å². The highest BCUT2D eigenvalue weighted by atomic mass is 16.2. The number of nitriles is 1. The van der Waals surface area contributed by atoms with Crippen LogP contribution in [0.2, 0.25) is 0 Å².